The molecule has 1 saturated carbocycles. The highest BCUT2D eigenvalue weighted by molar-refractivity contribution is 5.86. The smallest absolute Gasteiger partial charge is 0.307 e. The fourth-order valence-corrected chi connectivity index (χ4v) is 3.32. The fraction of sp³-hybridized carbons (Fsp3) is 0.500. The molecule has 4 nitrogen and oxygen atoms in total. The average Bonchev–Trinajstić information content (AvgIpc) is 2.77. The molecule has 0 aliphatic heterocycles. The number of carboxylic acid groups (broad SMARTS) is 1. The van der Waals surface area contributed by atoms with Gasteiger partial charge in [-0.25, -0.2) is 0 Å². The lowest BCUT2D eigenvalue weighted by Crippen LogP contribution is -2.44. The van der Waals surface area contributed by atoms with E-state index in [4.69, 9.17) is 5.11 Å². The van der Waals surface area contributed by atoms with Crippen LogP contribution in [0.15, 0.2) is 24.3 Å². The molecule has 1 aromatic carbocycles. The van der Waals surface area contributed by atoms with Gasteiger partial charge in [-0.05, 0) is 36.8 Å². The number of hydrogen-bond donors (Lipinski definition) is 2. The Labute approximate surface area is 118 Å². The summed E-state index contributed by atoms with van der Waals surface area (Å²) in [5.74, 6) is -1.37. The van der Waals surface area contributed by atoms with Crippen molar-refractivity contribution in [2.75, 3.05) is 6.54 Å². The molecule has 1 fully saturated rings. The van der Waals surface area contributed by atoms with E-state index in [9.17, 15) is 9.59 Å². The Balaban J connectivity index is 1.56. The van der Waals surface area contributed by atoms with E-state index in [1.54, 1.807) is 0 Å². The van der Waals surface area contributed by atoms with Crippen molar-refractivity contribution in [3.05, 3.63) is 35.4 Å². The number of aryl methyl sites for hydroxylation is 1. The molecule has 0 aromatic heterocycles. The number of benzene rings is 1. The maximum atomic E-state index is 12.0. The highest BCUT2D eigenvalue weighted by Crippen LogP contribution is 2.35. The van der Waals surface area contributed by atoms with Gasteiger partial charge in [0.15, 0.2) is 0 Å². The summed E-state index contributed by atoms with van der Waals surface area (Å²) in [5, 5.41) is 11.9. The van der Waals surface area contributed by atoms with Crippen molar-refractivity contribution >= 4 is 11.9 Å². The van der Waals surface area contributed by atoms with Crippen LogP contribution in [0, 0.1) is 11.8 Å². The SMILES string of the molecule is O=C(NCC1CCc2ccccc21)[C@H]1CC[C@H]1C(=O)O. The Morgan fingerprint density at radius 2 is 1.90 bits per heavy atom. The predicted octanol–water partition coefficient (Wildman–Crippen LogP) is 1.94. The van der Waals surface area contributed by atoms with Gasteiger partial charge in [0.1, 0.15) is 0 Å². The average molecular weight is 273 g/mol. The Bertz CT molecular complexity index is 540. The van der Waals surface area contributed by atoms with E-state index < -0.39 is 11.9 Å². The maximum absolute atomic E-state index is 12.0. The van der Waals surface area contributed by atoms with Crippen LogP contribution in [0.1, 0.15) is 36.3 Å². The Morgan fingerprint density at radius 3 is 2.60 bits per heavy atom. The number of aliphatic carboxylic acids is 1. The summed E-state index contributed by atoms with van der Waals surface area (Å²) in [6.07, 6.45) is 3.45. The Kier molecular flexibility index (Phi) is 3.47. The van der Waals surface area contributed by atoms with Crippen molar-refractivity contribution in [2.24, 2.45) is 11.8 Å². The van der Waals surface area contributed by atoms with E-state index in [-0.39, 0.29) is 11.8 Å². The molecule has 3 atom stereocenters. The largest absolute Gasteiger partial charge is 0.481 e. The minimum absolute atomic E-state index is 0.0898. The predicted molar refractivity (Wildman–Crippen MR) is 74.4 cm³/mol. The molecule has 1 aromatic rings. The van der Waals surface area contributed by atoms with Gasteiger partial charge in [-0.2, -0.15) is 0 Å². The van der Waals surface area contributed by atoms with E-state index in [0.29, 0.717) is 25.3 Å². The van der Waals surface area contributed by atoms with Crippen molar-refractivity contribution in [3.63, 3.8) is 0 Å². The molecule has 0 heterocycles. The van der Waals surface area contributed by atoms with Crippen LogP contribution in [0.2, 0.25) is 0 Å². The molecule has 1 amide bonds. The normalized spacial score (nSPS) is 27.5. The van der Waals surface area contributed by atoms with Gasteiger partial charge >= 0.3 is 5.97 Å². The third kappa shape index (κ3) is 2.30. The standard InChI is InChI=1S/C16H19NO3/c18-15(13-7-8-14(13)16(19)20)17-9-11-6-5-10-3-1-2-4-12(10)11/h1-4,11,13-14H,5-9H2,(H,17,18)(H,19,20)/t11?,13-,14+/m0/s1. The number of nitrogens with one attached hydrogen (secondary N) is 1. The first-order valence-electron chi connectivity index (χ1n) is 7.25. The minimum Gasteiger partial charge on any atom is -0.481 e. The second-order valence-corrected chi connectivity index (χ2v) is 5.81. The molecular weight excluding hydrogens is 254 g/mol. The van der Waals surface area contributed by atoms with E-state index in [1.807, 2.05) is 12.1 Å². The van der Waals surface area contributed by atoms with Gasteiger partial charge in [-0.3, -0.25) is 9.59 Å². The summed E-state index contributed by atoms with van der Waals surface area (Å²) < 4.78 is 0. The van der Waals surface area contributed by atoms with Crippen LogP contribution in [-0.4, -0.2) is 23.5 Å². The van der Waals surface area contributed by atoms with Crippen molar-refractivity contribution in [1.29, 1.82) is 0 Å². The van der Waals surface area contributed by atoms with Crippen molar-refractivity contribution < 1.29 is 14.7 Å². The lowest BCUT2D eigenvalue weighted by Gasteiger charge is -2.32. The molecule has 0 radical (unpaired) electrons. The third-order valence-corrected chi connectivity index (χ3v) is 4.71. The van der Waals surface area contributed by atoms with Gasteiger partial charge in [0.25, 0.3) is 0 Å². The Morgan fingerprint density at radius 1 is 1.15 bits per heavy atom. The molecule has 0 bridgehead atoms. The number of fused-ring (bicyclic) bond motifs is 1. The zero-order valence-corrected chi connectivity index (χ0v) is 11.3. The second-order valence-electron chi connectivity index (χ2n) is 5.81. The van der Waals surface area contributed by atoms with Gasteiger partial charge in [0, 0.05) is 12.5 Å². The molecule has 2 aliphatic rings. The van der Waals surface area contributed by atoms with E-state index >= 15 is 0 Å². The number of carbonyl (C=O) groups excluding carboxylic acids is 1. The molecule has 3 rings (SSSR count). The van der Waals surface area contributed by atoms with Gasteiger partial charge < -0.3 is 10.4 Å². The highest BCUT2D eigenvalue weighted by atomic mass is 16.4. The number of hydrogen-bond acceptors (Lipinski definition) is 2. The first-order chi connectivity index (χ1) is 9.66. The quantitative estimate of drug-likeness (QED) is 0.881. The van der Waals surface area contributed by atoms with Crippen LogP contribution in [0.5, 0.6) is 0 Å². The zero-order valence-electron chi connectivity index (χ0n) is 11.3. The van der Waals surface area contributed by atoms with Gasteiger partial charge in [0.2, 0.25) is 5.91 Å². The number of carbonyl (C=O) groups is 2. The van der Waals surface area contributed by atoms with Crippen molar-refractivity contribution in [2.45, 2.75) is 31.6 Å². The summed E-state index contributed by atoms with van der Waals surface area (Å²) in [6.45, 7) is 0.624. The number of amides is 1. The number of rotatable bonds is 4. The molecule has 20 heavy (non-hydrogen) atoms. The lowest BCUT2D eigenvalue weighted by atomic mass is 9.73. The molecular formula is C16H19NO3. The summed E-state index contributed by atoms with van der Waals surface area (Å²) in [7, 11) is 0. The molecule has 4 heteroatoms. The minimum atomic E-state index is -0.845. The van der Waals surface area contributed by atoms with Crippen LogP contribution in [0.4, 0.5) is 0 Å². The van der Waals surface area contributed by atoms with E-state index in [0.717, 1.165) is 12.8 Å². The van der Waals surface area contributed by atoms with Crippen LogP contribution >= 0.6 is 0 Å². The molecule has 1 unspecified atom stereocenters. The molecule has 0 spiro atoms. The highest BCUT2D eigenvalue weighted by Gasteiger charge is 2.41. The summed E-state index contributed by atoms with van der Waals surface area (Å²) in [5.41, 5.74) is 2.70. The first kappa shape index (κ1) is 13.2. The fourth-order valence-electron chi connectivity index (χ4n) is 3.32. The van der Waals surface area contributed by atoms with Crippen molar-refractivity contribution in [3.8, 4) is 0 Å². The molecule has 2 aliphatic carbocycles. The van der Waals surface area contributed by atoms with E-state index in [2.05, 4.69) is 17.4 Å². The topological polar surface area (TPSA) is 66.4 Å². The Hall–Kier alpha value is -1.84. The van der Waals surface area contributed by atoms with Crippen LogP contribution < -0.4 is 5.32 Å². The van der Waals surface area contributed by atoms with Crippen LogP contribution in [-0.2, 0) is 16.0 Å². The first-order valence-corrected chi connectivity index (χ1v) is 7.25. The van der Waals surface area contributed by atoms with Gasteiger partial charge in [-0.1, -0.05) is 24.3 Å². The summed E-state index contributed by atoms with van der Waals surface area (Å²) in [6, 6.07) is 8.35. The molecule has 106 valence electrons. The van der Waals surface area contributed by atoms with E-state index in [1.165, 1.54) is 11.1 Å². The number of carboxylic acids is 1. The zero-order chi connectivity index (χ0) is 14.1. The third-order valence-electron chi connectivity index (χ3n) is 4.71. The summed E-state index contributed by atoms with van der Waals surface area (Å²) >= 11 is 0. The monoisotopic (exact) mass is 273 g/mol. The lowest BCUT2D eigenvalue weighted by molar-refractivity contribution is -0.152. The van der Waals surface area contributed by atoms with Gasteiger partial charge in [0.05, 0.1) is 11.8 Å². The second kappa shape index (κ2) is 5.27. The summed E-state index contributed by atoms with van der Waals surface area (Å²) in [4.78, 5) is 23.0. The maximum Gasteiger partial charge on any atom is 0.307 e. The molecule has 2 N–H and O–H groups in total. The van der Waals surface area contributed by atoms with Crippen LogP contribution in [0.3, 0.4) is 0 Å². The van der Waals surface area contributed by atoms with Crippen molar-refractivity contribution in [1.82, 2.24) is 5.32 Å². The molecule has 0 saturated heterocycles. The van der Waals surface area contributed by atoms with Crippen LogP contribution in [0.25, 0.3) is 0 Å². The van der Waals surface area contributed by atoms with Gasteiger partial charge in [-0.15, -0.1) is 0 Å².